The zero-order chi connectivity index (χ0) is 14.4. The summed E-state index contributed by atoms with van der Waals surface area (Å²) in [7, 11) is 0. The van der Waals surface area contributed by atoms with E-state index in [2.05, 4.69) is 10.3 Å². The molecule has 0 saturated heterocycles. The Morgan fingerprint density at radius 1 is 1.55 bits per heavy atom. The minimum atomic E-state index is -0.415. The van der Waals surface area contributed by atoms with E-state index < -0.39 is 6.04 Å². The standard InChI is InChI=1S/C14H16FN3OS/c1-7-5-12-11(6-10(7)15)17-14(20)18(12)8(2)13(19)16-9-3-4-9/h5-6,8-9H,3-4H2,1-2H3,(H,16,19)(H,17,20). The summed E-state index contributed by atoms with van der Waals surface area (Å²) >= 11 is 5.27. The van der Waals surface area contributed by atoms with E-state index in [4.69, 9.17) is 12.2 Å². The third kappa shape index (κ3) is 2.24. The lowest BCUT2D eigenvalue weighted by Gasteiger charge is -2.14. The van der Waals surface area contributed by atoms with Crippen molar-refractivity contribution in [1.82, 2.24) is 14.9 Å². The second-order valence-electron chi connectivity index (χ2n) is 5.38. The molecule has 1 aliphatic carbocycles. The molecule has 0 aliphatic heterocycles. The number of imidazole rings is 1. The fraction of sp³-hybridized carbons (Fsp3) is 0.429. The van der Waals surface area contributed by atoms with Crippen LogP contribution in [0.25, 0.3) is 11.0 Å². The van der Waals surface area contributed by atoms with Crippen molar-refractivity contribution in [1.29, 1.82) is 0 Å². The van der Waals surface area contributed by atoms with Gasteiger partial charge in [0.05, 0.1) is 11.0 Å². The molecule has 4 nitrogen and oxygen atoms in total. The number of rotatable bonds is 3. The van der Waals surface area contributed by atoms with E-state index >= 15 is 0 Å². The summed E-state index contributed by atoms with van der Waals surface area (Å²) in [6.07, 6.45) is 2.09. The van der Waals surface area contributed by atoms with Gasteiger partial charge in [-0.05, 0) is 56.6 Å². The van der Waals surface area contributed by atoms with Gasteiger partial charge < -0.3 is 14.9 Å². The van der Waals surface area contributed by atoms with Gasteiger partial charge in [-0.1, -0.05) is 0 Å². The van der Waals surface area contributed by atoms with Crippen LogP contribution < -0.4 is 5.32 Å². The van der Waals surface area contributed by atoms with Crippen molar-refractivity contribution < 1.29 is 9.18 Å². The molecule has 0 spiro atoms. The maximum absolute atomic E-state index is 13.6. The van der Waals surface area contributed by atoms with Crippen molar-refractivity contribution in [2.45, 2.75) is 38.8 Å². The van der Waals surface area contributed by atoms with Gasteiger partial charge in [0.1, 0.15) is 11.9 Å². The van der Waals surface area contributed by atoms with Crippen LogP contribution in [0.2, 0.25) is 0 Å². The Balaban J connectivity index is 2.05. The number of carbonyl (C=O) groups excluding carboxylic acids is 1. The number of aromatic nitrogens is 2. The molecule has 1 saturated carbocycles. The van der Waals surface area contributed by atoms with Gasteiger partial charge in [0, 0.05) is 6.04 Å². The Hall–Kier alpha value is -1.69. The monoisotopic (exact) mass is 293 g/mol. The molecular weight excluding hydrogens is 277 g/mol. The summed E-state index contributed by atoms with van der Waals surface area (Å²) in [6, 6.07) is 3.03. The van der Waals surface area contributed by atoms with Gasteiger partial charge >= 0.3 is 0 Å². The molecule has 1 aliphatic rings. The average molecular weight is 293 g/mol. The van der Waals surface area contributed by atoms with Crippen LogP contribution in [0.15, 0.2) is 12.1 Å². The van der Waals surface area contributed by atoms with Crippen LogP contribution in [-0.4, -0.2) is 21.5 Å². The molecule has 1 unspecified atom stereocenters. The highest BCUT2D eigenvalue weighted by Gasteiger charge is 2.27. The second-order valence-corrected chi connectivity index (χ2v) is 5.76. The number of halogens is 1. The number of hydrogen-bond acceptors (Lipinski definition) is 2. The lowest BCUT2D eigenvalue weighted by atomic mass is 10.2. The third-order valence-corrected chi connectivity index (χ3v) is 3.99. The van der Waals surface area contributed by atoms with Crippen molar-refractivity contribution >= 4 is 29.2 Å². The predicted octanol–water partition coefficient (Wildman–Crippen LogP) is 2.99. The molecule has 1 amide bonds. The molecule has 6 heteroatoms. The van der Waals surface area contributed by atoms with Crippen molar-refractivity contribution in [3.05, 3.63) is 28.3 Å². The first-order valence-corrected chi connectivity index (χ1v) is 7.09. The van der Waals surface area contributed by atoms with Crippen molar-refractivity contribution in [3.63, 3.8) is 0 Å². The number of fused-ring (bicyclic) bond motifs is 1. The van der Waals surface area contributed by atoms with E-state index in [-0.39, 0.29) is 11.7 Å². The first kappa shape index (κ1) is 13.3. The van der Waals surface area contributed by atoms with E-state index in [0.29, 0.717) is 21.9 Å². The Bertz CT molecular complexity index is 745. The zero-order valence-corrected chi connectivity index (χ0v) is 12.2. The van der Waals surface area contributed by atoms with E-state index in [1.807, 2.05) is 0 Å². The highest BCUT2D eigenvalue weighted by molar-refractivity contribution is 7.71. The van der Waals surface area contributed by atoms with Crippen LogP contribution in [0, 0.1) is 17.5 Å². The molecule has 20 heavy (non-hydrogen) atoms. The summed E-state index contributed by atoms with van der Waals surface area (Å²) in [4.78, 5) is 15.1. The fourth-order valence-corrected chi connectivity index (χ4v) is 2.67. The second kappa shape index (κ2) is 4.70. The summed E-state index contributed by atoms with van der Waals surface area (Å²) in [6.45, 7) is 3.50. The van der Waals surface area contributed by atoms with Crippen molar-refractivity contribution in [2.24, 2.45) is 0 Å². The Kier molecular flexibility index (Phi) is 3.12. The van der Waals surface area contributed by atoms with E-state index in [9.17, 15) is 9.18 Å². The average Bonchev–Trinajstić information content (AvgIpc) is 3.13. The van der Waals surface area contributed by atoms with Crippen molar-refractivity contribution in [2.75, 3.05) is 0 Å². The molecule has 106 valence electrons. The quantitative estimate of drug-likeness (QED) is 0.855. The summed E-state index contributed by atoms with van der Waals surface area (Å²) in [5.74, 6) is -0.331. The number of H-pyrrole nitrogens is 1. The molecule has 1 heterocycles. The molecule has 0 bridgehead atoms. The molecule has 0 radical (unpaired) electrons. The Morgan fingerprint density at radius 3 is 2.90 bits per heavy atom. The fourth-order valence-electron chi connectivity index (χ4n) is 2.30. The maximum Gasteiger partial charge on any atom is 0.243 e. The topological polar surface area (TPSA) is 49.8 Å². The number of carbonyl (C=O) groups is 1. The smallest absolute Gasteiger partial charge is 0.243 e. The first-order valence-electron chi connectivity index (χ1n) is 6.68. The van der Waals surface area contributed by atoms with Crippen molar-refractivity contribution in [3.8, 4) is 0 Å². The van der Waals surface area contributed by atoms with Crippen LogP contribution in [0.5, 0.6) is 0 Å². The highest BCUT2D eigenvalue weighted by atomic mass is 32.1. The molecule has 3 rings (SSSR count). The first-order chi connectivity index (χ1) is 9.47. The summed E-state index contributed by atoms with van der Waals surface area (Å²) < 4.78 is 15.8. The van der Waals surface area contributed by atoms with Crippen LogP contribution in [0.3, 0.4) is 0 Å². The third-order valence-electron chi connectivity index (χ3n) is 3.69. The van der Waals surface area contributed by atoms with Crippen LogP contribution >= 0.6 is 12.2 Å². The lowest BCUT2D eigenvalue weighted by Crippen LogP contribution is -2.32. The summed E-state index contributed by atoms with van der Waals surface area (Å²) in [5.41, 5.74) is 1.91. The molecule has 1 fully saturated rings. The van der Waals surface area contributed by atoms with E-state index in [1.165, 1.54) is 6.07 Å². The molecular formula is C14H16FN3OS. The van der Waals surface area contributed by atoms with Crippen LogP contribution in [-0.2, 0) is 4.79 Å². The number of aryl methyl sites for hydroxylation is 1. The molecule has 1 atom stereocenters. The van der Waals surface area contributed by atoms with Gasteiger partial charge in [0.15, 0.2) is 4.77 Å². The molecule has 1 aromatic heterocycles. The van der Waals surface area contributed by atoms with Crippen LogP contribution in [0.1, 0.15) is 31.4 Å². The van der Waals surface area contributed by atoms with E-state index in [1.54, 1.807) is 24.5 Å². The molecule has 1 aromatic carbocycles. The number of nitrogens with one attached hydrogen (secondary N) is 2. The minimum Gasteiger partial charge on any atom is -0.352 e. The van der Waals surface area contributed by atoms with E-state index in [0.717, 1.165) is 18.4 Å². The number of benzene rings is 1. The largest absolute Gasteiger partial charge is 0.352 e. The van der Waals surface area contributed by atoms with Crippen LogP contribution in [0.4, 0.5) is 4.39 Å². The van der Waals surface area contributed by atoms with Gasteiger partial charge in [0.25, 0.3) is 0 Å². The highest BCUT2D eigenvalue weighted by Crippen LogP contribution is 2.24. The van der Waals surface area contributed by atoms with Gasteiger partial charge in [-0.25, -0.2) is 4.39 Å². The number of nitrogens with zero attached hydrogens (tertiary/aromatic N) is 1. The molecule has 2 N–H and O–H groups in total. The lowest BCUT2D eigenvalue weighted by molar-refractivity contribution is -0.123. The number of hydrogen-bond donors (Lipinski definition) is 2. The SMILES string of the molecule is Cc1cc2c(cc1F)[nH]c(=S)n2C(C)C(=O)NC1CC1. The van der Waals surface area contributed by atoms with Gasteiger partial charge in [-0.3, -0.25) is 4.79 Å². The normalized spacial score (nSPS) is 16.4. The zero-order valence-electron chi connectivity index (χ0n) is 11.4. The van der Waals surface area contributed by atoms with Gasteiger partial charge in [0.2, 0.25) is 5.91 Å². The van der Waals surface area contributed by atoms with Gasteiger partial charge in [-0.2, -0.15) is 0 Å². The number of amides is 1. The Labute approximate surface area is 121 Å². The van der Waals surface area contributed by atoms with Gasteiger partial charge in [-0.15, -0.1) is 0 Å². The Morgan fingerprint density at radius 2 is 2.25 bits per heavy atom. The summed E-state index contributed by atoms with van der Waals surface area (Å²) in [5, 5.41) is 2.97. The number of aromatic amines is 1. The minimum absolute atomic E-state index is 0.0496. The predicted molar refractivity (Wildman–Crippen MR) is 77.7 cm³/mol. The maximum atomic E-state index is 13.6. The molecule has 2 aromatic rings.